The molecule has 0 fully saturated rings. The van der Waals surface area contributed by atoms with Crippen LogP contribution >= 0.6 is 0 Å². The predicted octanol–water partition coefficient (Wildman–Crippen LogP) is 0.659. The molecule has 0 saturated carbocycles. The predicted molar refractivity (Wildman–Crippen MR) is 96.0 cm³/mol. The summed E-state index contributed by atoms with van der Waals surface area (Å²) in [5, 5.41) is 11.5. The van der Waals surface area contributed by atoms with Crippen LogP contribution in [0.1, 0.15) is 20.7 Å². The Kier molecular flexibility index (Phi) is 4.07. The quantitative estimate of drug-likeness (QED) is 0.669. The Morgan fingerprint density at radius 3 is 2.25 bits per heavy atom. The number of para-hydroxylation sites is 1. The van der Waals surface area contributed by atoms with Gasteiger partial charge in [0.1, 0.15) is 12.1 Å². The van der Waals surface area contributed by atoms with E-state index in [9.17, 15) is 19.2 Å². The van der Waals surface area contributed by atoms with E-state index in [1.807, 2.05) is 0 Å². The number of aromatic nitrogens is 3. The highest BCUT2D eigenvalue weighted by atomic mass is 16.2. The normalized spacial score (nSPS) is 13.0. The van der Waals surface area contributed by atoms with Crippen molar-refractivity contribution in [2.75, 3.05) is 13.6 Å². The minimum atomic E-state index is -0.855. The number of nitrogens with one attached hydrogen (secondary N) is 1. The molecule has 4 rings (SSSR count). The van der Waals surface area contributed by atoms with Crippen LogP contribution in [0.15, 0.2) is 48.5 Å². The molecule has 3 aromatic rings. The summed E-state index contributed by atoms with van der Waals surface area (Å²) in [6, 6.07) is 12.1. The van der Waals surface area contributed by atoms with Gasteiger partial charge in [-0.2, -0.15) is 9.69 Å². The van der Waals surface area contributed by atoms with Gasteiger partial charge in [0, 0.05) is 7.05 Å². The Balaban J connectivity index is 1.78. The molecule has 140 valence electrons. The summed E-state index contributed by atoms with van der Waals surface area (Å²) >= 11 is 0. The maximum atomic E-state index is 13.2. The minimum Gasteiger partial charge on any atom is -0.358 e. The molecule has 0 aliphatic carbocycles. The van der Waals surface area contributed by atoms with Gasteiger partial charge in [-0.1, -0.05) is 29.5 Å². The number of carbonyl (C=O) groups is 4. The Hall–Kier alpha value is -4.08. The second-order valence-electron chi connectivity index (χ2n) is 5.97. The van der Waals surface area contributed by atoms with Crippen LogP contribution in [0.3, 0.4) is 0 Å². The molecule has 1 aromatic heterocycles. The van der Waals surface area contributed by atoms with Crippen molar-refractivity contribution in [2.24, 2.45) is 0 Å². The molecule has 1 aliphatic rings. The number of rotatable bonds is 3. The Labute approximate surface area is 158 Å². The van der Waals surface area contributed by atoms with E-state index in [2.05, 4.69) is 15.6 Å². The summed E-state index contributed by atoms with van der Waals surface area (Å²) in [4.78, 5) is 50.7. The molecule has 28 heavy (non-hydrogen) atoms. The number of imide groups is 1. The molecule has 0 spiro atoms. The molecule has 0 bridgehead atoms. The molecule has 2 heterocycles. The van der Waals surface area contributed by atoms with Crippen LogP contribution < -0.4 is 5.32 Å². The molecule has 1 N–H and O–H groups in total. The average Bonchev–Trinajstić information content (AvgIpc) is 3.26. The van der Waals surface area contributed by atoms with Crippen molar-refractivity contribution in [3.63, 3.8) is 0 Å². The number of hydrogen-bond acceptors (Lipinski definition) is 6. The molecule has 2 aromatic carbocycles. The standard InChI is InChI=1S/C18H14N6O4/c1-19-15(25)10-22(18(28)23-14-9-5-4-8-13(14)20-21-23)24-16(26)11-6-2-3-7-12(11)17(24)27/h2-9H,10H2,1H3,(H,19,25). The second kappa shape index (κ2) is 6.58. The highest BCUT2D eigenvalue weighted by Crippen LogP contribution is 2.25. The maximum absolute atomic E-state index is 13.2. The average molecular weight is 378 g/mol. The lowest BCUT2D eigenvalue weighted by Gasteiger charge is -2.28. The van der Waals surface area contributed by atoms with E-state index in [0.29, 0.717) is 16.0 Å². The van der Waals surface area contributed by atoms with E-state index in [4.69, 9.17) is 0 Å². The van der Waals surface area contributed by atoms with Gasteiger partial charge in [0.2, 0.25) is 5.91 Å². The van der Waals surface area contributed by atoms with E-state index in [1.54, 1.807) is 36.4 Å². The molecule has 4 amide bonds. The number of amides is 4. The van der Waals surface area contributed by atoms with Gasteiger partial charge in [-0.25, -0.2) is 9.80 Å². The first-order chi connectivity index (χ1) is 13.5. The van der Waals surface area contributed by atoms with Crippen LogP contribution in [0.5, 0.6) is 0 Å². The van der Waals surface area contributed by atoms with Crippen LogP contribution in [-0.2, 0) is 4.79 Å². The van der Waals surface area contributed by atoms with Crippen molar-refractivity contribution >= 4 is 34.8 Å². The van der Waals surface area contributed by atoms with Crippen LogP contribution in [0.2, 0.25) is 0 Å². The smallest absolute Gasteiger partial charge is 0.358 e. The zero-order valence-electron chi connectivity index (χ0n) is 14.7. The molecule has 0 atom stereocenters. The lowest BCUT2D eigenvalue weighted by Crippen LogP contribution is -2.54. The molecular formula is C18H14N6O4. The van der Waals surface area contributed by atoms with Gasteiger partial charge in [0.25, 0.3) is 11.8 Å². The fourth-order valence-electron chi connectivity index (χ4n) is 2.95. The van der Waals surface area contributed by atoms with Crippen molar-refractivity contribution in [3.05, 3.63) is 59.7 Å². The number of carbonyl (C=O) groups excluding carboxylic acids is 4. The van der Waals surface area contributed by atoms with Gasteiger partial charge in [0.15, 0.2) is 0 Å². The van der Waals surface area contributed by atoms with Gasteiger partial charge in [-0.15, -0.1) is 5.10 Å². The third-order valence-corrected chi connectivity index (χ3v) is 4.34. The van der Waals surface area contributed by atoms with Crippen molar-refractivity contribution in [1.82, 2.24) is 30.3 Å². The van der Waals surface area contributed by atoms with Crippen molar-refractivity contribution in [1.29, 1.82) is 0 Å². The first kappa shape index (κ1) is 17.3. The molecule has 1 aliphatic heterocycles. The fourth-order valence-corrected chi connectivity index (χ4v) is 2.95. The topological polar surface area (TPSA) is 118 Å². The lowest BCUT2D eigenvalue weighted by molar-refractivity contribution is -0.122. The molecule has 10 heteroatoms. The van der Waals surface area contributed by atoms with Gasteiger partial charge in [0.05, 0.1) is 16.6 Å². The number of benzene rings is 2. The van der Waals surface area contributed by atoms with E-state index >= 15 is 0 Å². The highest BCUT2D eigenvalue weighted by Gasteiger charge is 2.42. The zero-order valence-corrected chi connectivity index (χ0v) is 14.7. The maximum Gasteiger partial charge on any atom is 0.366 e. The molecule has 0 unspecified atom stereocenters. The minimum absolute atomic E-state index is 0.158. The summed E-state index contributed by atoms with van der Waals surface area (Å²) in [5.74, 6) is -1.95. The van der Waals surface area contributed by atoms with Gasteiger partial charge in [-0.05, 0) is 24.3 Å². The van der Waals surface area contributed by atoms with E-state index in [-0.39, 0.29) is 11.1 Å². The summed E-state index contributed by atoms with van der Waals surface area (Å²) in [5.41, 5.74) is 1.15. The Bertz CT molecular complexity index is 1100. The fraction of sp³-hybridized carbons (Fsp3) is 0.111. The number of likely N-dealkylation sites (N-methyl/N-ethyl adjacent to an activating group) is 1. The molecule has 10 nitrogen and oxygen atoms in total. The van der Waals surface area contributed by atoms with Crippen molar-refractivity contribution < 1.29 is 19.2 Å². The summed E-state index contributed by atoms with van der Waals surface area (Å²) in [6.07, 6.45) is 0. The molecule has 0 radical (unpaired) electrons. The second-order valence-corrected chi connectivity index (χ2v) is 5.97. The van der Waals surface area contributed by atoms with E-state index in [0.717, 1.165) is 9.69 Å². The van der Waals surface area contributed by atoms with Crippen LogP contribution in [-0.4, -0.2) is 62.4 Å². The molecule has 0 saturated heterocycles. The summed E-state index contributed by atoms with van der Waals surface area (Å²) < 4.78 is 0.946. The third-order valence-electron chi connectivity index (χ3n) is 4.34. The van der Waals surface area contributed by atoms with E-state index in [1.165, 1.54) is 19.2 Å². The van der Waals surface area contributed by atoms with Crippen molar-refractivity contribution in [2.45, 2.75) is 0 Å². The summed E-state index contributed by atoms with van der Waals surface area (Å²) in [7, 11) is 1.39. The first-order valence-electron chi connectivity index (χ1n) is 8.33. The third kappa shape index (κ3) is 2.58. The summed E-state index contributed by atoms with van der Waals surface area (Å²) in [6.45, 7) is -0.547. The Morgan fingerprint density at radius 1 is 1.00 bits per heavy atom. The van der Waals surface area contributed by atoms with Gasteiger partial charge in [-0.3, -0.25) is 14.4 Å². The van der Waals surface area contributed by atoms with Crippen LogP contribution in [0.25, 0.3) is 11.0 Å². The largest absolute Gasteiger partial charge is 0.366 e. The van der Waals surface area contributed by atoms with Crippen molar-refractivity contribution in [3.8, 4) is 0 Å². The zero-order chi connectivity index (χ0) is 19.8. The Morgan fingerprint density at radius 2 is 1.61 bits per heavy atom. The number of hydrazine groups is 1. The SMILES string of the molecule is CNC(=O)CN(C(=O)n1nnc2ccccc21)N1C(=O)c2ccccc2C1=O. The highest BCUT2D eigenvalue weighted by molar-refractivity contribution is 6.21. The first-order valence-corrected chi connectivity index (χ1v) is 8.33. The van der Waals surface area contributed by atoms with E-state index < -0.39 is 30.3 Å². The monoisotopic (exact) mass is 378 g/mol. The number of hydrogen-bond donors (Lipinski definition) is 1. The van der Waals surface area contributed by atoms with Gasteiger partial charge >= 0.3 is 6.03 Å². The molecular weight excluding hydrogens is 364 g/mol. The number of fused-ring (bicyclic) bond motifs is 2. The van der Waals surface area contributed by atoms with Crippen LogP contribution in [0, 0.1) is 0 Å². The van der Waals surface area contributed by atoms with Crippen LogP contribution in [0.4, 0.5) is 4.79 Å². The number of nitrogens with zero attached hydrogens (tertiary/aromatic N) is 5. The lowest BCUT2D eigenvalue weighted by atomic mass is 10.1. The van der Waals surface area contributed by atoms with Gasteiger partial charge < -0.3 is 5.32 Å².